The maximum Gasteiger partial charge on any atom is 0.412 e. The van der Waals surface area contributed by atoms with Gasteiger partial charge in [0.25, 0.3) is 0 Å². The van der Waals surface area contributed by atoms with E-state index in [2.05, 4.69) is 55.3 Å². The van der Waals surface area contributed by atoms with Gasteiger partial charge >= 0.3 is 6.09 Å². The van der Waals surface area contributed by atoms with E-state index in [0.717, 1.165) is 53.8 Å². The van der Waals surface area contributed by atoms with Gasteiger partial charge in [0, 0.05) is 48.5 Å². The predicted molar refractivity (Wildman–Crippen MR) is 133 cm³/mol. The third-order valence-electron chi connectivity index (χ3n) is 6.15. The van der Waals surface area contributed by atoms with Gasteiger partial charge in [0.2, 0.25) is 0 Å². The van der Waals surface area contributed by atoms with Crippen molar-refractivity contribution in [1.82, 2.24) is 14.9 Å². The van der Waals surface area contributed by atoms with Crippen LogP contribution in [0.1, 0.15) is 18.4 Å². The highest BCUT2D eigenvalue weighted by Gasteiger charge is 2.21. The molecule has 8 nitrogen and oxygen atoms in total. The largest absolute Gasteiger partial charge is 0.453 e. The van der Waals surface area contributed by atoms with E-state index in [4.69, 9.17) is 11.6 Å². The minimum atomic E-state index is -0.577. The lowest BCUT2D eigenvalue weighted by atomic mass is 10.0. The van der Waals surface area contributed by atoms with Crippen molar-refractivity contribution in [3.63, 3.8) is 0 Å². The number of nitrogens with one attached hydrogen (secondary N) is 2. The molecule has 1 amide bonds. The summed E-state index contributed by atoms with van der Waals surface area (Å²) < 4.78 is 4.67. The monoisotopic (exact) mass is 468 g/mol. The van der Waals surface area contributed by atoms with Crippen LogP contribution in [0.15, 0.2) is 42.7 Å². The Morgan fingerprint density at radius 1 is 1.21 bits per heavy atom. The van der Waals surface area contributed by atoms with Crippen molar-refractivity contribution in [2.75, 3.05) is 49.8 Å². The number of amides is 1. The number of rotatable bonds is 6. The topological polar surface area (TPSA) is 82.6 Å². The molecule has 9 heteroatoms. The lowest BCUT2D eigenvalue weighted by Gasteiger charge is -2.35. The zero-order valence-corrected chi connectivity index (χ0v) is 19.9. The van der Waals surface area contributed by atoms with Gasteiger partial charge in [0.1, 0.15) is 11.6 Å². The number of carbonyl (C=O) groups excluding carboxylic acids is 1. The summed E-state index contributed by atoms with van der Waals surface area (Å²) in [5.41, 5.74) is 2.07. The summed E-state index contributed by atoms with van der Waals surface area (Å²) in [5, 5.41) is 8.12. The Hall–Kier alpha value is -3.10. The number of fused-ring (bicyclic) bond motifs is 1. The van der Waals surface area contributed by atoms with Gasteiger partial charge in [-0.05, 0) is 68.9 Å². The van der Waals surface area contributed by atoms with Crippen LogP contribution in [0.4, 0.5) is 22.1 Å². The highest BCUT2D eigenvalue weighted by molar-refractivity contribution is 6.36. The minimum absolute atomic E-state index is 0.406. The van der Waals surface area contributed by atoms with Gasteiger partial charge < -0.3 is 19.9 Å². The van der Waals surface area contributed by atoms with Gasteiger partial charge in [-0.1, -0.05) is 11.6 Å². The van der Waals surface area contributed by atoms with Gasteiger partial charge in [-0.3, -0.25) is 5.32 Å². The number of hydrogen-bond donors (Lipinski definition) is 2. The van der Waals surface area contributed by atoms with Crippen molar-refractivity contribution < 1.29 is 9.53 Å². The average Bonchev–Trinajstić information content (AvgIpc) is 2.84. The van der Waals surface area contributed by atoms with E-state index in [0.29, 0.717) is 23.4 Å². The summed E-state index contributed by atoms with van der Waals surface area (Å²) >= 11 is 6.38. The third kappa shape index (κ3) is 5.46. The highest BCUT2D eigenvalue weighted by Crippen LogP contribution is 2.30. The molecule has 2 aromatic heterocycles. The van der Waals surface area contributed by atoms with Crippen LogP contribution >= 0.6 is 11.6 Å². The summed E-state index contributed by atoms with van der Waals surface area (Å²) in [7, 11) is 5.62. The fraction of sp³-hybridized carbons (Fsp3) is 0.375. The van der Waals surface area contributed by atoms with Gasteiger partial charge in [0.15, 0.2) is 0 Å². The van der Waals surface area contributed by atoms with Crippen molar-refractivity contribution >= 4 is 45.8 Å². The predicted octanol–water partition coefficient (Wildman–Crippen LogP) is 4.60. The zero-order valence-electron chi connectivity index (χ0n) is 19.1. The summed E-state index contributed by atoms with van der Waals surface area (Å²) in [6, 6.07) is 10.5. The van der Waals surface area contributed by atoms with E-state index in [1.807, 2.05) is 30.5 Å². The minimum Gasteiger partial charge on any atom is -0.453 e. The molecule has 0 atom stereocenters. The van der Waals surface area contributed by atoms with E-state index in [-0.39, 0.29) is 0 Å². The number of ether oxygens (including phenoxy) is 1. The number of halogens is 1. The van der Waals surface area contributed by atoms with Crippen molar-refractivity contribution in [1.29, 1.82) is 0 Å². The Kier molecular flexibility index (Phi) is 7.15. The van der Waals surface area contributed by atoms with Crippen LogP contribution in [0.5, 0.6) is 0 Å². The van der Waals surface area contributed by atoms with E-state index in [9.17, 15) is 4.79 Å². The molecule has 0 aliphatic carbocycles. The summed E-state index contributed by atoms with van der Waals surface area (Å²) in [6.07, 6.45) is 5.11. The van der Waals surface area contributed by atoms with E-state index in [1.165, 1.54) is 13.3 Å². The first-order valence-electron chi connectivity index (χ1n) is 11.0. The second-order valence-electron chi connectivity index (χ2n) is 8.35. The number of pyridine rings is 2. The lowest BCUT2D eigenvalue weighted by molar-refractivity contribution is 0.187. The Morgan fingerprint density at radius 2 is 2.00 bits per heavy atom. The number of hydrogen-bond acceptors (Lipinski definition) is 7. The van der Waals surface area contributed by atoms with E-state index in [1.54, 1.807) is 0 Å². The maximum atomic E-state index is 11.6. The fourth-order valence-electron chi connectivity index (χ4n) is 4.10. The van der Waals surface area contributed by atoms with E-state index >= 15 is 0 Å². The molecule has 1 saturated heterocycles. The molecule has 1 aliphatic rings. The second kappa shape index (κ2) is 10.2. The molecule has 0 saturated carbocycles. The number of carbonyl (C=O) groups is 1. The number of nitrogens with zero attached hydrogens (tertiary/aromatic N) is 4. The average molecular weight is 469 g/mol. The van der Waals surface area contributed by atoms with Crippen LogP contribution in [0.2, 0.25) is 5.02 Å². The van der Waals surface area contributed by atoms with Crippen LogP contribution < -0.4 is 15.5 Å². The smallest absolute Gasteiger partial charge is 0.412 e. The first-order valence-corrected chi connectivity index (χ1v) is 11.4. The van der Waals surface area contributed by atoms with E-state index < -0.39 is 6.09 Å². The molecule has 0 bridgehead atoms. The highest BCUT2D eigenvalue weighted by atomic mass is 35.5. The zero-order chi connectivity index (χ0) is 23.4. The summed E-state index contributed by atoms with van der Waals surface area (Å²) in [4.78, 5) is 25.1. The Bertz CT molecular complexity index is 1130. The molecule has 0 unspecified atom stereocenters. The molecule has 0 spiro atoms. The molecule has 3 heterocycles. The SMILES string of the molecule is COC(=O)Nc1ncc(Cl)c2cc(NCc3ccnc(N(C)C4CCN(C)CC4)c3)ccc12. The third-order valence-corrected chi connectivity index (χ3v) is 6.45. The number of aromatic nitrogens is 2. The van der Waals surface area contributed by atoms with Crippen LogP contribution in [-0.4, -0.2) is 61.3 Å². The first kappa shape index (κ1) is 23.1. The van der Waals surface area contributed by atoms with Crippen molar-refractivity contribution in [3.8, 4) is 0 Å². The van der Waals surface area contributed by atoms with Crippen LogP contribution in [0.3, 0.4) is 0 Å². The van der Waals surface area contributed by atoms with Crippen LogP contribution in [0, 0.1) is 0 Å². The van der Waals surface area contributed by atoms with Gasteiger partial charge in [-0.15, -0.1) is 0 Å². The number of methoxy groups -OCH3 is 1. The van der Waals surface area contributed by atoms with Crippen LogP contribution in [0.25, 0.3) is 10.8 Å². The Balaban J connectivity index is 1.47. The second-order valence-corrected chi connectivity index (χ2v) is 8.76. The molecule has 1 aromatic carbocycles. The number of anilines is 3. The maximum absolute atomic E-state index is 11.6. The molecule has 3 aromatic rings. The molecule has 33 heavy (non-hydrogen) atoms. The summed E-state index contributed by atoms with van der Waals surface area (Å²) in [5.74, 6) is 1.40. The van der Waals surface area contributed by atoms with Crippen molar-refractivity contribution in [3.05, 3.63) is 53.3 Å². The molecule has 1 aliphatic heterocycles. The molecule has 4 rings (SSSR count). The molecule has 0 radical (unpaired) electrons. The number of likely N-dealkylation sites (tertiary alicyclic amines) is 1. The quantitative estimate of drug-likeness (QED) is 0.546. The van der Waals surface area contributed by atoms with Crippen molar-refractivity contribution in [2.24, 2.45) is 0 Å². The lowest BCUT2D eigenvalue weighted by Crippen LogP contribution is -2.42. The normalized spacial score (nSPS) is 14.8. The van der Waals surface area contributed by atoms with Crippen molar-refractivity contribution in [2.45, 2.75) is 25.4 Å². The molecular weight excluding hydrogens is 440 g/mol. The van der Waals surface area contributed by atoms with Gasteiger partial charge in [0.05, 0.1) is 12.1 Å². The van der Waals surface area contributed by atoms with Crippen LogP contribution in [-0.2, 0) is 11.3 Å². The molecule has 174 valence electrons. The van der Waals surface area contributed by atoms with Gasteiger partial charge in [-0.2, -0.15) is 0 Å². The molecule has 2 N–H and O–H groups in total. The standard InChI is InChI=1S/C24H29ClN6O2/c1-30-10-7-18(8-11-30)31(2)22-12-16(6-9-26-22)14-27-17-4-5-19-20(13-17)21(25)15-28-23(19)29-24(32)33-3/h4-6,9,12-13,15,18,27H,7-8,10-11,14H2,1-3H3,(H,28,29,32). The van der Waals surface area contributed by atoms with Gasteiger partial charge in [-0.25, -0.2) is 14.8 Å². The molecule has 1 fully saturated rings. The Labute approximate surface area is 198 Å². The number of piperidine rings is 1. The number of benzene rings is 1. The fourth-order valence-corrected chi connectivity index (χ4v) is 4.31. The Morgan fingerprint density at radius 3 is 2.76 bits per heavy atom. The summed E-state index contributed by atoms with van der Waals surface area (Å²) in [6.45, 7) is 2.89. The first-order chi connectivity index (χ1) is 15.9. The molecular formula is C24H29ClN6O2.